The van der Waals surface area contributed by atoms with E-state index in [9.17, 15) is 19.2 Å². The topological polar surface area (TPSA) is 132 Å². The van der Waals surface area contributed by atoms with Gasteiger partial charge in [0, 0.05) is 6.54 Å². The highest BCUT2D eigenvalue weighted by Gasteiger charge is 2.21. The lowest BCUT2D eigenvalue weighted by molar-refractivity contribution is -0.146. The molecule has 1 atom stereocenters. The van der Waals surface area contributed by atoms with E-state index in [-0.39, 0.29) is 12.5 Å². The second-order valence-corrected chi connectivity index (χ2v) is 7.65. The van der Waals surface area contributed by atoms with Crippen LogP contribution in [-0.4, -0.2) is 55.8 Å². The van der Waals surface area contributed by atoms with E-state index in [0.717, 1.165) is 0 Å². The van der Waals surface area contributed by atoms with Crippen molar-refractivity contribution in [3.63, 3.8) is 0 Å². The Bertz CT molecular complexity index is 732. The van der Waals surface area contributed by atoms with Crippen LogP contribution in [0.4, 0.5) is 4.79 Å². The smallest absolute Gasteiger partial charge is 0.408 e. The van der Waals surface area contributed by atoms with Crippen LogP contribution in [0, 0.1) is 0 Å². The summed E-state index contributed by atoms with van der Waals surface area (Å²) in [5.74, 6) is -1.53. The number of esters is 1. The Morgan fingerprint density at radius 1 is 1.00 bits per heavy atom. The van der Waals surface area contributed by atoms with Crippen molar-refractivity contribution in [1.29, 1.82) is 0 Å². The third kappa shape index (κ3) is 11.6. The fourth-order valence-electron chi connectivity index (χ4n) is 2.36. The number of carbonyl (C=O) groups excluding carboxylic acids is 4. The molecule has 0 saturated heterocycles. The summed E-state index contributed by atoms with van der Waals surface area (Å²) >= 11 is 0. The number of unbranched alkanes of at least 4 members (excludes halogenated alkanes) is 1. The summed E-state index contributed by atoms with van der Waals surface area (Å²) in [5.41, 5.74) is 2.16. The van der Waals surface area contributed by atoms with Gasteiger partial charge in [0.2, 0.25) is 5.91 Å². The van der Waals surface area contributed by atoms with Crippen molar-refractivity contribution in [1.82, 2.24) is 16.1 Å². The Kier molecular flexibility index (Phi) is 11.0. The summed E-state index contributed by atoms with van der Waals surface area (Å²) in [6.45, 7) is 5.34. The van der Waals surface area contributed by atoms with Crippen LogP contribution in [0.15, 0.2) is 30.3 Å². The van der Waals surface area contributed by atoms with Gasteiger partial charge < -0.3 is 24.9 Å². The van der Waals surface area contributed by atoms with Crippen LogP contribution in [0.2, 0.25) is 0 Å². The van der Waals surface area contributed by atoms with Crippen molar-refractivity contribution < 1.29 is 33.5 Å². The highest BCUT2D eigenvalue weighted by Crippen LogP contribution is 2.06. The Balaban J connectivity index is 2.28. The maximum atomic E-state index is 12.0. The molecule has 0 aliphatic rings. The van der Waals surface area contributed by atoms with E-state index >= 15 is 0 Å². The van der Waals surface area contributed by atoms with E-state index in [1.165, 1.54) is 7.11 Å². The largest absolute Gasteiger partial charge is 0.468 e. The Hall–Kier alpha value is -3.14. The number of rotatable bonds is 11. The molecule has 1 aromatic rings. The first-order valence-corrected chi connectivity index (χ1v) is 9.95. The average Bonchev–Trinajstić information content (AvgIpc) is 2.72. The minimum absolute atomic E-state index is 0.198. The second-order valence-electron chi connectivity index (χ2n) is 7.65. The van der Waals surface area contributed by atoms with Gasteiger partial charge in [-0.1, -0.05) is 18.2 Å². The van der Waals surface area contributed by atoms with Crippen LogP contribution in [-0.2, 0) is 23.9 Å². The fraction of sp³-hybridized carbons (Fsp3) is 0.524. The zero-order chi connectivity index (χ0) is 23.3. The standard InChI is InChI=1S/C21H31N3O7/c1-21(2,3)30-20(28)23-14-17(25)22-13-9-8-12-16(19(27)29-4)24-31-18(26)15-10-6-5-7-11-15/h5-7,10-11,16,24H,8-9,12-14H2,1-4H3,(H,22,25)(H,23,28). The lowest BCUT2D eigenvalue weighted by Gasteiger charge is -2.19. The molecule has 10 heteroatoms. The first kappa shape index (κ1) is 25.9. The first-order valence-electron chi connectivity index (χ1n) is 9.95. The van der Waals surface area contributed by atoms with Gasteiger partial charge in [0.05, 0.1) is 19.2 Å². The van der Waals surface area contributed by atoms with Gasteiger partial charge in [0.1, 0.15) is 11.6 Å². The molecule has 10 nitrogen and oxygen atoms in total. The van der Waals surface area contributed by atoms with Gasteiger partial charge in [-0.15, -0.1) is 5.48 Å². The van der Waals surface area contributed by atoms with Gasteiger partial charge in [-0.05, 0) is 52.2 Å². The maximum absolute atomic E-state index is 12.0. The van der Waals surface area contributed by atoms with E-state index in [0.29, 0.717) is 31.4 Å². The van der Waals surface area contributed by atoms with Crippen LogP contribution in [0.1, 0.15) is 50.4 Å². The van der Waals surface area contributed by atoms with Gasteiger partial charge in [-0.2, -0.15) is 0 Å². The van der Waals surface area contributed by atoms with E-state index in [1.807, 2.05) is 0 Å². The Labute approximate surface area is 181 Å². The van der Waals surface area contributed by atoms with E-state index in [4.69, 9.17) is 14.3 Å². The quantitative estimate of drug-likeness (QED) is 0.206. The Morgan fingerprint density at radius 2 is 1.68 bits per heavy atom. The van der Waals surface area contributed by atoms with Crippen molar-refractivity contribution in [2.75, 3.05) is 20.2 Å². The SMILES string of the molecule is COC(=O)C(CCCCNC(=O)CNC(=O)OC(C)(C)C)NOC(=O)c1ccccc1. The van der Waals surface area contributed by atoms with Crippen LogP contribution in [0.5, 0.6) is 0 Å². The van der Waals surface area contributed by atoms with Crippen molar-refractivity contribution in [2.45, 2.75) is 51.7 Å². The van der Waals surface area contributed by atoms with Gasteiger partial charge in [0.25, 0.3) is 0 Å². The first-order chi connectivity index (χ1) is 14.6. The average molecular weight is 437 g/mol. The Morgan fingerprint density at radius 3 is 2.29 bits per heavy atom. The van der Waals surface area contributed by atoms with Crippen molar-refractivity contribution in [2.24, 2.45) is 0 Å². The summed E-state index contributed by atoms with van der Waals surface area (Å²) in [5, 5.41) is 5.03. The summed E-state index contributed by atoms with van der Waals surface area (Å²) < 4.78 is 9.76. The van der Waals surface area contributed by atoms with Crippen molar-refractivity contribution in [3.05, 3.63) is 35.9 Å². The van der Waals surface area contributed by atoms with E-state index < -0.39 is 29.7 Å². The molecule has 172 valence electrons. The van der Waals surface area contributed by atoms with Crippen molar-refractivity contribution in [3.8, 4) is 0 Å². The molecule has 2 amide bonds. The lowest BCUT2D eigenvalue weighted by atomic mass is 10.1. The van der Waals surface area contributed by atoms with Gasteiger partial charge >= 0.3 is 18.0 Å². The second kappa shape index (κ2) is 13.2. The van der Waals surface area contributed by atoms with Crippen molar-refractivity contribution >= 4 is 23.9 Å². The molecule has 0 radical (unpaired) electrons. The molecular formula is C21H31N3O7. The number of hydrogen-bond acceptors (Lipinski definition) is 8. The number of ether oxygens (including phenoxy) is 2. The molecule has 0 spiro atoms. The number of alkyl carbamates (subject to hydrolysis) is 1. The minimum atomic E-state index is -0.831. The predicted molar refractivity (Wildman–Crippen MR) is 112 cm³/mol. The zero-order valence-electron chi connectivity index (χ0n) is 18.4. The lowest BCUT2D eigenvalue weighted by Crippen LogP contribution is -2.40. The number of nitrogens with one attached hydrogen (secondary N) is 3. The van der Waals surface area contributed by atoms with Gasteiger partial charge in [0.15, 0.2) is 0 Å². The summed E-state index contributed by atoms with van der Waals surface area (Å²) in [6, 6.07) is 7.53. The van der Waals surface area contributed by atoms with Gasteiger partial charge in [-0.3, -0.25) is 9.59 Å². The zero-order valence-corrected chi connectivity index (χ0v) is 18.4. The highest BCUT2D eigenvalue weighted by atomic mass is 16.7. The number of hydrogen-bond donors (Lipinski definition) is 3. The molecule has 0 fully saturated rings. The highest BCUT2D eigenvalue weighted by molar-refractivity contribution is 5.89. The minimum Gasteiger partial charge on any atom is -0.468 e. The van der Waals surface area contributed by atoms with Crippen LogP contribution in [0.25, 0.3) is 0 Å². The molecule has 3 N–H and O–H groups in total. The molecule has 31 heavy (non-hydrogen) atoms. The van der Waals surface area contributed by atoms with E-state index in [2.05, 4.69) is 16.1 Å². The normalized spacial score (nSPS) is 11.7. The molecular weight excluding hydrogens is 406 g/mol. The molecule has 0 heterocycles. The van der Waals surface area contributed by atoms with Crippen LogP contribution >= 0.6 is 0 Å². The van der Waals surface area contributed by atoms with Gasteiger partial charge in [-0.25, -0.2) is 9.59 Å². The third-order valence-electron chi connectivity index (χ3n) is 3.82. The summed E-state index contributed by atoms with van der Waals surface area (Å²) in [4.78, 5) is 52.1. The van der Waals surface area contributed by atoms with E-state index in [1.54, 1.807) is 51.1 Å². The molecule has 1 aromatic carbocycles. The summed E-state index contributed by atoms with van der Waals surface area (Å²) in [6.07, 6.45) is 0.788. The number of methoxy groups -OCH3 is 1. The molecule has 1 unspecified atom stereocenters. The molecule has 1 rings (SSSR count). The van der Waals surface area contributed by atoms with Crippen LogP contribution < -0.4 is 16.1 Å². The predicted octanol–water partition coefficient (Wildman–Crippen LogP) is 1.70. The number of carbonyl (C=O) groups is 4. The monoisotopic (exact) mass is 437 g/mol. The molecule has 0 aliphatic carbocycles. The molecule has 0 aromatic heterocycles. The number of amides is 2. The third-order valence-corrected chi connectivity index (χ3v) is 3.82. The maximum Gasteiger partial charge on any atom is 0.408 e. The fourth-order valence-corrected chi connectivity index (χ4v) is 2.36. The number of benzene rings is 1. The summed E-state index contributed by atoms with van der Waals surface area (Å²) in [7, 11) is 1.24. The number of hydroxylamine groups is 1. The molecule has 0 aliphatic heterocycles. The molecule has 0 saturated carbocycles. The molecule has 0 bridgehead atoms. The van der Waals surface area contributed by atoms with Crippen LogP contribution in [0.3, 0.4) is 0 Å².